The van der Waals surface area contributed by atoms with E-state index in [2.05, 4.69) is 23.8 Å². The number of hydrogen-bond acceptors (Lipinski definition) is 5. The molecule has 0 unspecified atom stereocenters. The topological polar surface area (TPSA) is 77.3 Å². The molecule has 0 aliphatic carbocycles. The number of ether oxygens (including phenoxy) is 1. The molecular weight excluding hydrogens is 368 g/mol. The monoisotopic (exact) mass is 394 g/mol. The fourth-order valence-corrected chi connectivity index (χ4v) is 3.29. The SMILES string of the molecule is CCOC(=O)CCN(C(=O)c1ccc2c(c1)nc(C(C)C)n2C)c1ccccn1. The number of amides is 1. The molecule has 0 radical (unpaired) electrons. The molecule has 7 heteroatoms. The first-order valence-electron chi connectivity index (χ1n) is 9.77. The molecule has 3 aromatic rings. The highest BCUT2D eigenvalue weighted by atomic mass is 16.5. The Kier molecular flexibility index (Phi) is 6.26. The Labute approximate surface area is 170 Å². The number of benzene rings is 1. The second-order valence-electron chi connectivity index (χ2n) is 7.09. The van der Waals surface area contributed by atoms with Crippen molar-refractivity contribution < 1.29 is 14.3 Å². The molecule has 2 heterocycles. The minimum absolute atomic E-state index is 0.0967. The van der Waals surface area contributed by atoms with Crippen LogP contribution in [0.25, 0.3) is 11.0 Å². The van der Waals surface area contributed by atoms with Gasteiger partial charge in [0.2, 0.25) is 0 Å². The van der Waals surface area contributed by atoms with E-state index in [0.717, 1.165) is 16.9 Å². The molecule has 0 spiro atoms. The van der Waals surface area contributed by atoms with E-state index in [1.165, 1.54) is 4.90 Å². The zero-order valence-corrected chi connectivity index (χ0v) is 17.3. The standard InChI is InChI=1S/C22H26N4O3/c1-5-29-20(27)11-13-26(19-8-6-7-12-23-19)22(28)16-9-10-18-17(14-16)24-21(15(2)3)25(18)4/h6-10,12,14-15H,5,11,13H2,1-4H3. The van der Waals surface area contributed by atoms with E-state index in [-0.39, 0.29) is 30.8 Å². The number of carbonyl (C=O) groups is 2. The number of nitrogens with zero attached hydrogens (tertiary/aromatic N) is 4. The number of imidazole rings is 1. The number of pyridine rings is 1. The number of hydrogen-bond donors (Lipinski definition) is 0. The number of fused-ring (bicyclic) bond motifs is 1. The Morgan fingerprint density at radius 3 is 2.66 bits per heavy atom. The van der Waals surface area contributed by atoms with Crippen LogP contribution in [-0.2, 0) is 16.6 Å². The van der Waals surface area contributed by atoms with E-state index < -0.39 is 0 Å². The summed E-state index contributed by atoms with van der Waals surface area (Å²) in [6, 6.07) is 10.8. The van der Waals surface area contributed by atoms with Gasteiger partial charge >= 0.3 is 5.97 Å². The minimum atomic E-state index is -0.344. The Balaban J connectivity index is 1.93. The first kappa shape index (κ1) is 20.5. The summed E-state index contributed by atoms with van der Waals surface area (Å²) in [7, 11) is 1.98. The second-order valence-corrected chi connectivity index (χ2v) is 7.09. The van der Waals surface area contributed by atoms with Crippen LogP contribution >= 0.6 is 0 Å². The first-order chi connectivity index (χ1) is 13.9. The van der Waals surface area contributed by atoms with E-state index in [1.807, 2.05) is 23.7 Å². The van der Waals surface area contributed by atoms with Gasteiger partial charge in [-0.15, -0.1) is 0 Å². The van der Waals surface area contributed by atoms with Crippen LogP contribution in [-0.4, -0.2) is 39.6 Å². The number of aromatic nitrogens is 3. The summed E-state index contributed by atoms with van der Waals surface area (Å²) in [5.41, 5.74) is 2.25. The molecular formula is C22H26N4O3. The maximum atomic E-state index is 13.3. The normalized spacial score (nSPS) is 11.1. The molecule has 0 bridgehead atoms. The molecule has 0 N–H and O–H groups in total. The highest BCUT2D eigenvalue weighted by Crippen LogP contribution is 2.23. The Bertz CT molecular complexity index is 1010. The van der Waals surface area contributed by atoms with Gasteiger partial charge in [-0.3, -0.25) is 14.5 Å². The summed E-state index contributed by atoms with van der Waals surface area (Å²) in [6.45, 7) is 6.43. The molecule has 1 amide bonds. The number of rotatable bonds is 7. The Morgan fingerprint density at radius 2 is 2.00 bits per heavy atom. The van der Waals surface area contributed by atoms with Crippen LogP contribution in [0.3, 0.4) is 0 Å². The number of anilines is 1. The Morgan fingerprint density at radius 1 is 1.21 bits per heavy atom. The summed E-state index contributed by atoms with van der Waals surface area (Å²) < 4.78 is 7.05. The molecule has 29 heavy (non-hydrogen) atoms. The lowest BCUT2D eigenvalue weighted by Crippen LogP contribution is -2.34. The predicted octanol–water partition coefficient (Wildman–Crippen LogP) is 3.69. The average molecular weight is 394 g/mol. The summed E-state index contributed by atoms with van der Waals surface area (Å²) >= 11 is 0. The van der Waals surface area contributed by atoms with E-state index in [0.29, 0.717) is 18.0 Å². The van der Waals surface area contributed by atoms with Gasteiger partial charge in [-0.05, 0) is 37.3 Å². The fraction of sp³-hybridized carbons (Fsp3) is 0.364. The van der Waals surface area contributed by atoms with Crippen LogP contribution in [0, 0.1) is 0 Å². The highest BCUT2D eigenvalue weighted by molar-refractivity contribution is 6.07. The van der Waals surface area contributed by atoms with Crippen LogP contribution in [0.4, 0.5) is 5.82 Å². The van der Waals surface area contributed by atoms with Gasteiger partial charge in [0.05, 0.1) is 24.1 Å². The van der Waals surface area contributed by atoms with E-state index >= 15 is 0 Å². The number of esters is 1. The smallest absolute Gasteiger partial charge is 0.307 e. The lowest BCUT2D eigenvalue weighted by Gasteiger charge is -2.21. The molecule has 0 aliphatic heterocycles. The van der Waals surface area contributed by atoms with Crippen molar-refractivity contribution in [2.45, 2.75) is 33.1 Å². The largest absolute Gasteiger partial charge is 0.466 e. The molecule has 3 rings (SSSR count). The van der Waals surface area contributed by atoms with E-state index in [9.17, 15) is 9.59 Å². The molecule has 0 saturated carbocycles. The van der Waals surface area contributed by atoms with Crippen molar-refractivity contribution in [3.63, 3.8) is 0 Å². The third-order valence-electron chi connectivity index (χ3n) is 4.69. The van der Waals surface area contributed by atoms with Gasteiger partial charge < -0.3 is 9.30 Å². The van der Waals surface area contributed by atoms with Gasteiger partial charge in [0.1, 0.15) is 11.6 Å². The molecule has 0 saturated heterocycles. The molecule has 0 atom stereocenters. The summed E-state index contributed by atoms with van der Waals surface area (Å²) in [5.74, 6) is 1.16. The van der Waals surface area contributed by atoms with Crippen molar-refractivity contribution in [1.82, 2.24) is 14.5 Å². The van der Waals surface area contributed by atoms with Gasteiger partial charge in [0, 0.05) is 31.3 Å². The van der Waals surface area contributed by atoms with Gasteiger partial charge in [0.15, 0.2) is 0 Å². The number of carbonyl (C=O) groups excluding carboxylic acids is 2. The molecule has 1 aromatic carbocycles. The third kappa shape index (κ3) is 4.45. The van der Waals surface area contributed by atoms with Crippen molar-refractivity contribution in [3.8, 4) is 0 Å². The summed E-state index contributed by atoms with van der Waals surface area (Å²) in [6.07, 6.45) is 1.72. The zero-order chi connectivity index (χ0) is 21.0. The van der Waals surface area contributed by atoms with Crippen molar-refractivity contribution >= 4 is 28.7 Å². The average Bonchev–Trinajstić information content (AvgIpc) is 3.05. The molecule has 0 aliphatic rings. The van der Waals surface area contributed by atoms with Crippen LogP contribution in [0.2, 0.25) is 0 Å². The molecule has 152 valence electrons. The lowest BCUT2D eigenvalue weighted by molar-refractivity contribution is -0.142. The molecule has 7 nitrogen and oxygen atoms in total. The van der Waals surface area contributed by atoms with Gasteiger partial charge in [0.25, 0.3) is 5.91 Å². The van der Waals surface area contributed by atoms with Crippen molar-refractivity contribution in [1.29, 1.82) is 0 Å². The number of aryl methyl sites for hydroxylation is 1. The first-order valence-corrected chi connectivity index (χ1v) is 9.77. The van der Waals surface area contributed by atoms with Gasteiger partial charge in [-0.1, -0.05) is 19.9 Å². The van der Waals surface area contributed by atoms with Gasteiger partial charge in [-0.25, -0.2) is 9.97 Å². The second kappa shape index (κ2) is 8.86. The quantitative estimate of drug-likeness (QED) is 0.571. The maximum absolute atomic E-state index is 13.3. The molecule has 0 fully saturated rings. The Hall–Kier alpha value is -3.22. The summed E-state index contributed by atoms with van der Waals surface area (Å²) in [4.78, 5) is 35.6. The van der Waals surface area contributed by atoms with Gasteiger partial charge in [-0.2, -0.15) is 0 Å². The fourth-order valence-electron chi connectivity index (χ4n) is 3.29. The lowest BCUT2D eigenvalue weighted by atomic mass is 10.1. The third-order valence-corrected chi connectivity index (χ3v) is 4.69. The van der Waals surface area contributed by atoms with E-state index in [1.54, 1.807) is 37.4 Å². The van der Waals surface area contributed by atoms with Crippen LogP contribution < -0.4 is 4.90 Å². The summed E-state index contributed by atoms with van der Waals surface area (Å²) in [5, 5.41) is 0. The van der Waals surface area contributed by atoms with E-state index in [4.69, 9.17) is 4.74 Å². The van der Waals surface area contributed by atoms with Crippen molar-refractivity contribution in [3.05, 3.63) is 54.0 Å². The van der Waals surface area contributed by atoms with Crippen LogP contribution in [0.1, 0.15) is 49.3 Å². The highest BCUT2D eigenvalue weighted by Gasteiger charge is 2.21. The van der Waals surface area contributed by atoms with Crippen molar-refractivity contribution in [2.24, 2.45) is 7.05 Å². The molecule has 2 aromatic heterocycles. The maximum Gasteiger partial charge on any atom is 0.307 e. The van der Waals surface area contributed by atoms with Crippen LogP contribution in [0.15, 0.2) is 42.6 Å². The van der Waals surface area contributed by atoms with Crippen LogP contribution in [0.5, 0.6) is 0 Å². The van der Waals surface area contributed by atoms with Crippen molar-refractivity contribution in [2.75, 3.05) is 18.1 Å². The predicted molar refractivity (Wildman–Crippen MR) is 112 cm³/mol. The minimum Gasteiger partial charge on any atom is -0.466 e. The zero-order valence-electron chi connectivity index (χ0n) is 17.3.